The number of hydrogen-bond donors (Lipinski definition) is 3. The fourth-order valence-corrected chi connectivity index (χ4v) is 4.86. The molecule has 15 nitrogen and oxygen atoms in total. The summed E-state index contributed by atoms with van der Waals surface area (Å²) in [5, 5.41) is 16.8. The number of para-hydroxylation sites is 1. The summed E-state index contributed by atoms with van der Waals surface area (Å²) in [6.07, 6.45) is 0.518. The van der Waals surface area contributed by atoms with Crippen molar-refractivity contribution in [2.45, 2.75) is 69.9 Å². The van der Waals surface area contributed by atoms with Gasteiger partial charge in [-0.05, 0) is 32.1 Å². The molecule has 2 aliphatic heterocycles. The number of alkyl carbamates (subject to hydrolysis) is 1. The molecule has 2 heterocycles. The second-order valence-corrected chi connectivity index (χ2v) is 10.2. The van der Waals surface area contributed by atoms with Crippen molar-refractivity contribution in [3.8, 4) is 0 Å². The van der Waals surface area contributed by atoms with Crippen LogP contribution in [0.1, 0.15) is 63.4 Å². The number of amides is 5. The first kappa shape index (κ1) is 31.8. The Kier molecular flexibility index (Phi) is 11.2. The second kappa shape index (κ2) is 14.8. The highest BCUT2D eigenvalue weighted by molar-refractivity contribution is 6.01. The number of hydroxylamine groups is 2. The van der Waals surface area contributed by atoms with Gasteiger partial charge in [0.05, 0.1) is 11.0 Å². The van der Waals surface area contributed by atoms with Gasteiger partial charge >= 0.3 is 12.2 Å². The van der Waals surface area contributed by atoms with Crippen LogP contribution in [0.4, 0.5) is 15.3 Å². The van der Waals surface area contributed by atoms with Gasteiger partial charge in [0.2, 0.25) is 5.91 Å². The number of carbonyl (C=O) groups excluding carboxylic acids is 5. The predicted molar refractivity (Wildman–Crippen MR) is 147 cm³/mol. The van der Waals surface area contributed by atoms with E-state index in [-0.39, 0.29) is 50.1 Å². The second-order valence-electron chi connectivity index (χ2n) is 10.2. The van der Waals surface area contributed by atoms with Crippen molar-refractivity contribution in [2.75, 3.05) is 19.7 Å². The van der Waals surface area contributed by atoms with Crippen LogP contribution in [0.15, 0.2) is 36.5 Å². The molecule has 0 aromatic heterocycles. The highest BCUT2D eigenvalue weighted by atomic mass is 16.7. The number of carbonyl (C=O) groups is 5. The third kappa shape index (κ3) is 8.41. The van der Waals surface area contributed by atoms with Crippen LogP contribution >= 0.6 is 0 Å². The van der Waals surface area contributed by atoms with E-state index in [0.717, 1.165) is 6.42 Å². The quantitative estimate of drug-likeness (QED) is 0.133. The summed E-state index contributed by atoms with van der Waals surface area (Å²) in [5.41, 5.74) is 6.57. The lowest BCUT2D eigenvalue weighted by Crippen LogP contribution is -2.51. The Bertz CT molecular complexity index is 1210. The van der Waals surface area contributed by atoms with E-state index >= 15 is 0 Å². The molecule has 2 fully saturated rings. The molecule has 1 unspecified atom stereocenters. The SMILES string of the molecule is C=C(N)[C@@H]1CCCN1C(=O)[C@H](CCCCNC(=O)ON1C(=O)CCC1=O)NC(=O)OCC(C)c1ccccc1[N+](=O)[O-]. The van der Waals surface area contributed by atoms with E-state index in [2.05, 4.69) is 17.2 Å². The number of nitrogens with zero attached hydrogens (tertiary/aromatic N) is 3. The maximum Gasteiger partial charge on any atom is 0.432 e. The minimum absolute atomic E-state index is 0.0164. The molecule has 0 radical (unpaired) electrons. The Morgan fingerprint density at radius 2 is 1.86 bits per heavy atom. The smallest absolute Gasteiger partial charge is 0.432 e. The van der Waals surface area contributed by atoms with Crippen LogP contribution in [0.3, 0.4) is 0 Å². The first-order valence-electron chi connectivity index (χ1n) is 13.7. The third-order valence-electron chi connectivity index (χ3n) is 7.05. The molecule has 3 rings (SSSR count). The third-order valence-corrected chi connectivity index (χ3v) is 7.05. The van der Waals surface area contributed by atoms with Gasteiger partial charge in [0.1, 0.15) is 12.6 Å². The van der Waals surface area contributed by atoms with Gasteiger partial charge in [0.15, 0.2) is 0 Å². The number of benzene rings is 1. The predicted octanol–water partition coefficient (Wildman–Crippen LogP) is 2.22. The van der Waals surface area contributed by atoms with Gasteiger partial charge in [-0.2, -0.15) is 0 Å². The standard InChI is InChI=1S/C27H36N6O9/c1-17(19-8-3-4-10-22(19)33(39)40)16-41-27(38)30-20(25(36)31-15-7-11-21(31)18(2)28)9-5-6-14-29-26(37)42-32-23(34)12-13-24(32)35/h3-4,8,10,17,20-21H,2,5-7,9,11-16,28H2,1H3,(H,29,37)(H,30,38)/t17?,20-,21-/m0/s1. The number of nitro benzene ring substituents is 1. The lowest BCUT2D eigenvalue weighted by molar-refractivity contribution is -0.385. The van der Waals surface area contributed by atoms with Crippen molar-refractivity contribution < 1.29 is 38.5 Å². The normalized spacial score (nSPS) is 17.9. The van der Waals surface area contributed by atoms with E-state index in [1.807, 2.05) is 0 Å². The lowest BCUT2D eigenvalue weighted by atomic mass is 10.0. The van der Waals surface area contributed by atoms with E-state index in [4.69, 9.17) is 15.3 Å². The van der Waals surface area contributed by atoms with Crippen LogP contribution in [0.25, 0.3) is 0 Å². The van der Waals surface area contributed by atoms with Gasteiger partial charge in [-0.1, -0.05) is 31.7 Å². The summed E-state index contributed by atoms with van der Waals surface area (Å²) in [7, 11) is 0. The van der Waals surface area contributed by atoms with E-state index in [1.54, 1.807) is 30.0 Å². The molecule has 3 atom stereocenters. The highest BCUT2D eigenvalue weighted by Crippen LogP contribution is 2.26. The zero-order chi connectivity index (χ0) is 30.8. The lowest BCUT2D eigenvalue weighted by Gasteiger charge is -2.29. The number of unbranched alkanes of at least 4 members (excludes halogenated alkanes) is 1. The molecule has 4 N–H and O–H groups in total. The van der Waals surface area contributed by atoms with Gasteiger partial charge in [-0.3, -0.25) is 24.5 Å². The molecule has 228 valence electrons. The van der Waals surface area contributed by atoms with Crippen LogP contribution in [-0.4, -0.2) is 76.6 Å². The molecule has 0 aliphatic carbocycles. The van der Waals surface area contributed by atoms with Crippen LogP contribution in [-0.2, 0) is 24.0 Å². The van der Waals surface area contributed by atoms with Crippen LogP contribution in [0, 0.1) is 10.1 Å². The summed E-state index contributed by atoms with van der Waals surface area (Å²) in [6, 6.07) is 4.85. The maximum atomic E-state index is 13.4. The van der Waals surface area contributed by atoms with Crippen molar-refractivity contribution in [2.24, 2.45) is 5.73 Å². The first-order valence-corrected chi connectivity index (χ1v) is 13.7. The minimum atomic E-state index is -0.967. The summed E-state index contributed by atoms with van der Waals surface area (Å²) in [6.45, 7) is 5.87. The average molecular weight is 589 g/mol. The summed E-state index contributed by atoms with van der Waals surface area (Å²) in [5.74, 6) is -2.02. The van der Waals surface area contributed by atoms with Crippen LogP contribution in [0.5, 0.6) is 0 Å². The van der Waals surface area contributed by atoms with Crippen molar-refractivity contribution in [3.63, 3.8) is 0 Å². The van der Waals surface area contributed by atoms with Crippen molar-refractivity contribution in [3.05, 3.63) is 52.2 Å². The van der Waals surface area contributed by atoms with Gasteiger partial charge in [-0.15, -0.1) is 5.06 Å². The fourth-order valence-electron chi connectivity index (χ4n) is 4.86. The van der Waals surface area contributed by atoms with Gasteiger partial charge in [0.25, 0.3) is 17.5 Å². The summed E-state index contributed by atoms with van der Waals surface area (Å²) in [4.78, 5) is 78.4. The topological polar surface area (TPSA) is 204 Å². The zero-order valence-electron chi connectivity index (χ0n) is 23.4. The fraction of sp³-hybridized carbons (Fsp3) is 0.519. The van der Waals surface area contributed by atoms with E-state index in [0.29, 0.717) is 42.1 Å². The number of nitro groups is 1. The molecule has 2 aliphatic rings. The number of imide groups is 1. The largest absolute Gasteiger partial charge is 0.449 e. The summed E-state index contributed by atoms with van der Waals surface area (Å²) < 4.78 is 5.33. The molecule has 0 saturated carbocycles. The van der Waals surface area contributed by atoms with Gasteiger partial charge < -0.3 is 30.8 Å². The number of rotatable bonds is 13. The van der Waals surface area contributed by atoms with Crippen molar-refractivity contribution in [1.29, 1.82) is 0 Å². The number of ether oxygens (including phenoxy) is 1. The number of nitrogens with one attached hydrogen (secondary N) is 2. The van der Waals surface area contributed by atoms with E-state index in [1.165, 1.54) is 6.07 Å². The molecule has 15 heteroatoms. The molecular formula is C27H36N6O9. The molecular weight excluding hydrogens is 552 g/mol. The van der Waals surface area contributed by atoms with Gasteiger partial charge in [-0.25, -0.2) is 9.59 Å². The van der Waals surface area contributed by atoms with Crippen LogP contribution < -0.4 is 16.4 Å². The van der Waals surface area contributed by atoms with Gasteiger partial charge in [0, 0.05) is 49.2 Å². The molecule has 42 heavy (non-hydrogen) atoms. The number of likely N-dealkylation sites (tertiary alicyclic amines) is 1. The number of hydrogen-bond acceptors (Lipinski definition) is 10. The molecule has 1 aromatic carbocycles. The Hall–Kier alpha value is -4.69. The van der Waals surface area contributed by atoms with E-state index in [9.17, 15) is 34.1 Å². The monoisotopic (exact) mass is 588 g/mol. The minimum Gasteiger partial charge on any atom is -0.449 e. The molecule has 2 saturated heterocycles. The Labute approximate surface area is 242 Å². The Morgan fingerprint density at radius 3 is 2.52 bits per heavy atom. The van der Waals surface area contributed by atoms with Crippen molar-refractivity contribution in [1.82, 2.24) is 20.6 Å². The first-order chi connectivity index (χ1) is 20.0. The van der Waals surface area contributed by atoms with E-state index < -0.39 is 40.9 Å². The zero-order valence-corrected chi connectivity index (χ0v) is 23.4. The molecule has 0 bridgehead atoms. The molecule has 5 amide bonds. The molecule has 0 spiro atoms. The average Bonchev–Trinajstić information content (AvgIpc) is 3.57. The Balaban J connectivity index is 1.54. The van der Waals surface area contributed by atoms with Crippen LogP contribution in [0.2, 0.25) is 0 Å². The summed E-state index contributed by atoms with van der Waals surface area (Å²) >= 11 is 0. The highest BCUT2D eigenvalue weighted by Gasteiger charge is 2.35. The van der Waals surface area contributed by atoms with Crippen molar-refractivity contribution >= 4 is 35.6 Å². The Morgan fingerprint density at radius 1 is 1.17 bits per heavy atom. The molecule has 1 aromatic rings. The number of nitrogens with two attached hydrogens (primary N) is 1. The maximum absolute atomic E-state index is 13.4.